The number of hydrogen-bond acceptors (Lipinski definition) is 3. The lowest BCUT2D eigenvalue weighted by molar-refractivity contribution is 0.0939. The van der Waals surface area contributed by atoms with Crippen molar-refractivity contribution in [2.24, 2.45) is 17.8 Å². The van der Waals surface area contributed by atoms with Gasteiger partial charge in [0.25, 0.3) is 0 Å². The third-order valence-electron chi connectivity index (χ3n) is 3.83. The Hall–Kier alpha value is -1.77. The second kappa shape index (κ2) is 7.20. The van der Waals surface area contributed by atoms with Gasteiger partial charge < -0.3 is 0 Å². The van der Waals surface area contributed by atoms with Crippen LogP contribution < -0.4 is 0 Å². The van der Waals surface area contributed by atoms with Crippen LogP contribution in [0, 0.1) is 17.8 Å². The molecule has 0 aliphatic carbocycles. The number of Topliss-reactive ketones (excluding diaryl/α,β-unsaturated/α-hetero) is 1. The second-order valence-corrected chi connectivity index (χ2v) is 7.54. The minimum absolute atomic E-state index is 0.00393. The molecule has 0 N–H and O–H groups in total. The first-order chi connectivity index (χ1) is 10.8. The molecular weight excluding hydrogens is 284 g/mol. The van der Waals surface area contributed by atoms with E-state index in [1.165, 1.54) is 0 Å². The van der Waals surface area contributed by atoms with Crippen molar-refractivity contribution in [1.82, 2.24) is 9.97 Å². The molecule has 1 aromatic heterocycles. The Kier molecular flexibility index (Phi) is 5.51. The summed E-state index contributed by atoms with van der Waals surface area (Å²) < 4.78 is 0. The molecule has 0 bridgehead atoms. The number of benzene rings is 1. The fourth-order valence-electron chi connectivity index (χ4n) is 2.71. The van der Waals surface area contributed by atoms with E-state index in [4.69, 9.17) is 9.97 Å². The van der Waals surface area contributed by atoms with E-state index in [0.29, 0.717) is 11.8 Å². The normalized spacial score (nSPS) is 11.9. The molecule has 1 aromatic carbocycles. The Morgan fingerprint density at radius 3 is 1.87 bits per heavy atom. The maximum absolute atomic E-state index is 12.2. The Morgan fingerprint density at radius 2 is 1.39 bits per heavy atom. The van der Waals surface area contributed by atoms with Crippen molar-refractivity contribution in [1.29, 1.82) is 0 Å². The van der Waals surface area contributed by atoms with Crippen LogP contribution in [-0.2, 0) is 12.8 Å². The molecule has 0 fully saturated rings. The van der Waals surface area contributed by atoms with Crippen LogP contribution in [0.25, 0.3) is 11.0 Å². The molecule has 0 aliphatic heterocycles. The van der Waals surface area contributed by atoms with Gasteiger partial charge in [0.15, 0.2) is 5.78 Å². The van der Waals surface area contributed by atoms with Gasteiger partial charge in [-0.3, -0.25) is 4.79 Å². The lowest BCUT2D eigenvalue weighted by Gasteiger charge is -2.14. The maximum Gasteiger partial charge on any atom is 0.165 e. The highest BCUT2D eigenvalue weighted by Crippen LogP contribution is 2.21. The molecule has 0 aliphatic rings. The molecule has 0 saturated heterocycles. The first-order valence-corrected chi connectivity index (χ1v) is 8.61. The zero-order valence-electron chi connectivity index (χ0n) is 15.2. The van der Waals surface area contributed by atoms with Crippen molar-refractivity contribution in [3.63, 3.8) is 0 Å². The van der Waals surface area contributed by atoms with Gasteiger partial charge in [-0.25, -0.2) is 9.97 Å². The molecule has 1 heterocycles. The van der Waals surface area contributed by atoms with E-state index in [9.17, 15) is 4.79 Å². The van der Waals surface area contributed by atoms with E-state index >= 15 is 0 Å². The highest BCUT2D eigenvalue weighted by Gasteiger charge is 2.15. The van der Waals surface area contributed by atoms with Crippen molar-refractivity contribution >= 4 is 16.8 Å². The topological polar surface area (TPSA) is 42.9 Å². The minimum atomic E-state index is -0.00393. The SMILES string of the molecule is CC(C)Cc1nc2ccc(C(=O)C(C)C)cc2nc1CC(C)C. The van der Waals surface area contributed by atoms with Gasteiger partial charge >= 0.3 is 0 Å². The summed E-state index contributed by atoms with van der Waals surface area (Å²) in [5, 5.41) is 0. The Bertz CT molecular complexity index is 702. The number of fused-ring (bicyclic) bond motifs is 1. The molecule has 3 heteroatoms. The second-order valence-electron chi connectivity index (χ2n) is 7.54. The van der Waals surface area contributed by atoms with Gasteiger partial charge in [-0.1, -0.05) is 41.5 Å². The van der Waals surface area contributed by atoms with Crippen LogP contribution in [0.15, 0.2) is 18.2 Å². The number of carbonyl (C=O) groups is 1. The first-order valence-electron chi connectivity index (χ1n) is 8.61. The van der Waals surface area contributed by atoms with Crippen molar-refractivity contribution < 1.29 is 4.79 Å². The molecule has 2 rings (SSSR count). The minimum Gasteiger partial charge on any atom is -0.294 e. The van der Waals surface area contributed by atoms with E-state index in [1.54, 1.807) is 0 Å². The van der Waals surface area contributed by atoms with Gasteiger partial charge in [-0.05, 0) is 42.9 Å². The van der Waals surface area contributed by atoms with Gasteiger partial charge in [0.2, 0.25) is 0 Å². The molecule has 0 saturated carbocycles. The fraction of sp³-hybridized carbons (Fsp3) is 0.550. The summed E-state index contributed by atoms with van der Waals surface area (Å²) in [7, 11) is 0. The number of rotatable bonds is 6. The van der Waals surface area contributed by atoms with Crippen molar-refractivity contribution in [3.05, 3.63) is 35.2 Å². The summed E-state index contributed by atoms with van der Waals surface area (Å²) in [4.78, 5) is 21.9. The van der Waals surface area contributed by atoms with E-state index in [-0.39, 0.29) is 11.7 Å². The van der Waals surface area contributed by atoms with Crippen molar-refractivity contribution in [3.8, 4) is 0 Å². The molecule has 0 unspecified atom stereocenters. The standard InChI is InChI=1S/C20H28N2O/c1-12(2)9-17-18(10-13(3)4)22-19-11-15(20(23)14(5)6)7-8-16(19)21-17/h7-8,11-14H,9-10H2,1-6H3. The van der Waals surface area contributed by atoms with Gasteiger partial charge in [0, 0.05) is 11.5 Å². The number of hydrogen-bond donors (Lipinski definition) is 0. The van der Waals surface area contributed by atoms with Crippen LogP contribution in [-0.4, -0.2) is 15.8 Å². The molecule has 23 heavy (non-hydrogen) atoms. The summed E-state index contributed by atoms with van der Waals surface area (Å²) in [6.07, 6.45) is 1.87. The smallest absolute Gasteiger partial charge is 0.165 e. The number of nitrogens with zero attached hydrogens (tertiary/aromatic N) is 2. The lowest BCUT2D eigenvalue weighted by atomic mass is 9.99. The van der Waals surface area contributed by atoms with Crippen molar-refractivity contribution in [2.75, 3.05) is 0 Å². The molecule has 3 nitrogen and oxygen atoms in total. The zero-order chi connectivity index (χ0) is 17.1. The monoisotopic (exact) mass is 312 g/mol. The van der Waals surface area contributed by atoms with Crippen molar-refractivity contribution in [2.45, 2.75) is 54.4 Å². The van der Waals surface area contributed by atoms with Gasteiger partial charge in [0.05, 0.1) is 22.4 Å². The highest BCUT2D eigenvalue weighted by atomic mass is 16.1. The average Bonchev–Trinajstić information content (AvgIpc) is 2.45. The molecule has 0 spiro atoms. The number of carbonyl (C=O) groups excluding carboxylic acids is 1. The van der Waals surface area contributed by atoms with Crippen LogP contribution in [0.5, 0.6) is 0 Å². The molecule has 0 radical (unpaired) electrons. The number of aromatic nitrogens is 2. The summed E-state index contributed by atoms with van der Waals surface area (Å²) in [6.45, 7) is 12.7. The van der Waals surface area contributed by atoms with Crippen LogP contribution in [0.3, 0.4) is 0 Å². The van der Waals surface area contributed by atoms with E-state index < -0.39 is 0 Å². The van der Waals surface area contributed by atoms with Gasteiger partial charge in [0.1, 0.15) is 0 Å². The van der Waals surface area contributed by atoms with Crippen LogP contribution in [0.4, 0.5) is 0 Å². The zero-order valence-corrected chi connectivity index (χ0v) is 15.2. The van der Waals surface area contributed by atoms with E-state index in [1.807, 2.05) is 32.0 Å². The van der Waals surface area contributed by atoms with E-state index in [2.05, 4.69) is 27.7 Å². The maximum atomic E-state index is 12.2. The fourth-order valence-corrected chi connectivity index (χ4v) is 2.71. The first kappa shape index (κ1) is 17.6. The molecular formula is C20H28N2O. The lowest BCUT2D eigenvalue weighted by Crippen LogP contribution is -2.10. The Labute approximate surface area is 139 Å². The van der Waals surface area contributed by atoms with Crippen LogP contribution in [0.1, 0.15) is 63.3 Å². The molecule has 0 atom stereocenters. The molecule has 0 amide bonds. The predicted octanol–water partition coefficient (Wildman–Crippen LogP) is 4.87. The summed E-state index contributed by atoms with van der Waals surface area (Å²) in [6, 6.07) is 5.70. The predicted molar refractivity (Wildman–Crippen MR) is 95.8 cm³/mol. The van der Waals surface area contributed by atoms with Crippen LogP contribution >= 0.6 is 0 Å². The summed E-state index contributed by atoms with van der Waals surface area (Å²) in [5.74, 6) is 1.24. The van der Waals surface area contributed by atoms with E-state index in [0.717, 1.165) is 40.8 Å². The quantitative estimate of drug-likeness (QED) is 0.715. The Balaban J connectivity index is 2.52. The van der Waals surface area contributed by atoms with Gasteiger partial charge in [-0.15, -0.1) is 0 Å². The van der Waals surface area contributed by atoms with Gasteiger partial charge in [-0.2, -0.15) is 0 Å². The largest absolute Gasteiger partial charge is 0.294 e. The third-order valence-corrected chi connectivity index (χ3v) is 3.83. The summed E-state index contributed by atoms with van der Waals surface area (Å²) >= 11 is 0. The molecule has 2 aromatic rings. The third kappa shape index (κ3) is 4.37. The average molecular weight is 312 g/mol. The van der Waals surface area contributed by atoms with Crippen LogP contribution in [0.2, 0.25) is 0 Å². The Morgan fingerprint density at radius 1 is 0.870 bits per heavy atom. The number of ketones is 1. The summed E-state index contributed by atoms with van der Waals surface area (Å²) in [5.41, 5.74) is 4.63. The highest BCUT2D eigenvalue weighted by molar-refractivity contribution is 5.99. The molecule has 124 valence electrons.